The van der Waals surface area contributed by atoms with Crippen LogP contribution in [0, 0.1) is 6.92 Å². The molecule has 0 fully saturated rings. The van der Waals surface area contributed by atoms with Crippen LogP contribution in [0.25, 0.3) is 10.9 Å². The molecular formula is C19H26N6O. The third-order valence-corrected chi connectivity index (χ3v) is 4.25. The first-order valence-corrected chi connectivity index (χ1v) is 9.10. The van der Waals surface area contributed by atoms with E-state index in [1.807, 2.05) is 6.92 Å². The summed E-state index contributed by atoms with van der Waals surface area (Å²) in [7, 11) is 0. The normalized spacial score (nSPS) is 11.9. The number of hydrogen-bond acceptors (Lipinski definition) is 4. The largest absolute Gasteiger partial charge is 0.361 e. The minimum atomic E-state index is 0.389. The smallest absolute Gasteiger partial charge is 0.223 e. The Morgan fingerprint density at radius 2 is 2.12 bits per heavy atom. The molecule has 2 heterocycles. The Morgan fingerprint density at radius 1 is 1.23 bits per heavy atom. The van der Waals surface area contributed by atoms with Crippen LogP contribution in [0.3, 0.4) is 0 Å². The summed E-state index contributed by atoms with van der Waals surface area (Å²) in [6.45, 7) is 7.97. The van der Waals surface area contributed by atoms with E-state index >= 15 is 0 Å². The van der Waals surface area contributed by atoms with E-state index in [9.17, 15) is 0 Å². The van der Waals surface area contributed by atoms with Crippen LogP contribution in [0.5, 0.6) is 0 Å². The molecule has 0 aliphatic heterocycles. The van der Waals surface area contributed by atoms with E-state index in [-0.39, 0.29) is 0 Å². The van der Waals surface area contributed by atoms with Crippen LogP contribution in [0.1, 0.15) is 36.7 Å². The van der Waals surface area contributed by atoms with Gasteiger partial charge >= 0.3 is 0 Å². The van der Waals surface area contributed by atoms with Crippen LogP contribution in [0.2, 0.25) is 0 Å². The van der Waals surface area contributed by atoms with Crippen molar-refractivity contribution in [1.29, 1.82) is 0 Å². The van der Waals surface area contributed by atoms with Gasteiger partial charge in [-0.05, 0) is 30.9 Å². The second-order valence-electron chi connectivity index (χ2n) is 6.11. The van der Waals surface area contributed by atoms with Gasteiger partial charge in [0.15, 0.2) is 11.8 Å². The molecule has 138 valence electrons. The van der Waals surface area contributed by atoms with Crippen molar-refractivity contribution in [2.24, 2.45) is 4.99 Å². The highest BCUT2D eigenvalue weighted by Gasteiger charge is 2.07. The molecule has 0 saturated heterocycles. The summed E-state index contributed by atoms with van der Waals surface area (Å²) in [6.07, 6.45) is 4.05. The summed E-state index contributed by atoms with van der Waals surface area (Å²) in [5, 5.41) is 11.8. The molecule has 0 unspecified atom stereocenters. The first-order valence-electron chi connectivity index (χ1n) is 9.10. The van der Waals surface area contributed by atoms with E-state index in [1.165, 1.54) is 22.0 Å². The second-order valence-corrected chi connectivity index (χ2v) is 6.11. The van der Waals surface area contributed by atoms with Gasteiger partial charge in [-0.3, -0.25) is 0 Å². The lowest BCUT2D eigenvalue weighted by atomic mass is 10.1. The fourth-order valence-corrected chi connectivity index (χ4v) is 2.99. The molecule has 3 N–H and O–H groups in total. The molecule has 0 aliphatic carbocycles. The predicted octanol–water partition coefficient (Wildman–Crippen LogP) is 2.72. The summed E-state index contributed by atoms with van der Waals surface area (Å²) >= 11 is 0. The Hall–Kier alpha value is -2.83. The zero-order valence-electron chi connectivity index (χ0n) is 15.6. The Morgan fingerprint density at radius 3 is 2.85 bits per heavy atom. The van der Waals surface area contributed by atoms with Crippen LogP contribution < -0.4 is 10.6 Å². The molecule has 26 heavy (non-hydrogen) atoms. The summed E-state index contributed by atoms with van der Waals surface area (Å²) < 4.78 is 4.97. The maximum absolute atomic E-state index is 4.97. The molecule has 2 aromatic heterocycles. The fraction of sp³-hybridized carbons (Fsp3) is 0.421. The summed E-state index contributed by atoms with van der Waals surface area (Å²) in [5.74, 6) is 1.89. The maximum Gasteiger partial charge on any atom is 0.223 e. The highest BCUT2D eigenvalue weighted by Crippen LogP contribution is 2.22. The van der Waals surface area contributed by atoms with Crippen molar-refractivity contribution < 1.29 is 4.52 Å². The van der Waals surface area contributed by atoms with E-state index < -0.39 is 0 Å². The van der Waals surface area contributed by atoms with E-state index in [0.717, 1.165) is 31.9 Å². The van der Waals surface area contributed by atoms with Crippen LogP contribution in [-0.2, 0) is 19.4 Å². The second kappa shape index (κ2) is 8.51. The Balaban J connectivity index is 1.61. The number of aromatic nitrogens is 3. The summed E-state index contributed by atoms with van der Waals surface area (Å²) in [6, 6.07) is 6.49. The molecule has 7 nitrogen and oxygen atoms in total. The van der Waals surface area contributed by atoms with Gasteiger partial charge in [-0.15, -0.1) is 0 Å². The molecule has 0 saturated carbocycles. The van der Waals surface area contributed by atoms with Gasteiger partial charge < -0.3 is 20.1 Å². The molecule has 3 aromatic rings. The summed E-state index contributed by atoms with van der Waals surface area (Å²) in [4.78, 5) is 12.1. The number of fused-ring (bicyclic) bond motifs is 1. The Kier molecular flexibility index (Phi) is 5.88. The third-order valence-electron chi connectivity index (χ3n) is 4.25. The highest BCUT2D eigenvalue weighted by atomic mass is 16.5. The zero-order valence-corrected chi connectivity index (χ0v) is 15.6. The van der Waals surface area contributed by atoms with Gasteiger partial charge in [0.1, 0.15) is 6.54 Å². The maximum atomic E-state index is 4.97. The van der Waals surface area contributed by atoms with Crippen LogP contribution >= 0.6 is 0 Å². The lowest BCUT2D eigenvalue weighted by Crippen LogP contribution is -2.38. The predicted molar refractivity (Wildman–Crippen MR) is 103 cm³/mol. The monoisotopic (exact) mass is 354 g/mol. The molecule has 0 spiro atoms. The van der Waals surface area contributed by atoms with E-state index in [4.69, 9.17) is 4.52 Å². The molecule has 0 amide bonds. The van der Waals surface area contributed by atoms with Gasteiger partial charge in [-0.1, -0.05) is 30.3 Å². The van der Waals surface area contributed by atoms with Gasteiger partial charge in [0.05, 0.1) is 0 Å². The van der Waals surface area contributed by atoms with Gasteiger partial charge in [0.25, 0.3) is 0 Å². The van der Waals surface area contributed by atoms with E-state index in [0.29, 0.717) is 18.3 Å². The van der Waals surface area contributed by atoms with Crippen molar-refractivity contribution in [3.63, 3.8) is 0 Å². The number of aryl methyl sites for hydroxylation is 2. The Labute approximate surface area is 153 Å². The number of guanidine groups is 1. The van der Waals surface area contributed by atoms with Crippen molar-refractivity contribution in [1.82, 2.24) is 25.8 Å². The van der Waals surface area contributed by atoms with Gasteiger partial charge in [-0.25, -0.2) is 4.99 Å². The van der Waals surface area contributed by atoms with Crippen LogP contribution in [0.15, 0.2) is 33.9 Å². The number of hydrogen-bond donors (Lipinski definition) is 3. The molecule has 7 heteroatoms. The number of nitrogens with zero attached hydrogens (tertiary/aromatic N) is 3. The molecule has 3 rings (SSSR count). The molecule has 0 aliphatic rings. The number of nitrogens with one attached hydrogen (secondary N) is 3. The average molecular weight is 354 g/mol. The minimum Gasteiger partial charge on any atom is -0.361 e. The fourth-order valence-electron chi connectivity index (χ4n) is 2.99. The molecule has 1 aromatic carbocycles. The first kappa shape index (κ1) is 18.0. The zero-order chi connectivity index (χ0) is 18.4. The van der Waals surface area contributed by atoms with E-state index in [1.54, 1.807) is 6.92 Å². The van der Waals surface area contributed by atoms with Gasteiger partial charge in [-0.2, -0.15) is 4.98 Å². The Bertz CT molecular complexity index is 879. The minimum absolute atomic E-state index is 0.389. The average Bonchev–Trinajstić information content (AvgIpc) is 3.25. The van der Waals surface area contributed by atoms with Gasteiger partial charge in [0.2, 0.25) is 5.89 Å². The number of para-hydroxylation sites is 1. The lowest BCUT2D eigenvalue weighted by molar-refractivity contribution is 0.387. The SMILES string of the molecule is CCNC(=NCc1noc(C)n1)NCCc1c[nH]c2c(CC)cccc12. The number of aromatic amines is 1. The summed E-state index contributed by atoms with van der Waals surface area (Å²) in [5.41, 5.74) is 3.91. The number of aliphatic imine (C=N–C) groups is 1. The number of benzene rings is 1. The third kappa shape index (κ3) is 4.22. The molecular weight excluding hydrogens is 328 g/mol. The standard InChI is InChI=1S/C19H26N6O/c1-4-14-7-6-8-16-15(11-22-18(14)16)9-10-21-19(20-5-2)23-12-17-24-13(3)26-25-17/h6-8,11,22H,4-5,9-10,12H2,1-3H3,(H2,20,21,23). The van der Waals surface area contributed by atoms with Crippen molar-refractivity contribution >= 4 is 16.9 Å². The lowest BCUT2D eigenvalue weighted by Gasteiger charge is -2.10. The number of H-pyrrole nitrogens is 1. The van der Waals surface area contributed by atoms with Crippen LogP contribution in [0.4, 0.5) is 0 Å². The van der Waals surface area contributed by atoms with Crippen LogP contribution in [-0.4, -0.2) is 34.2 Å². The highest BCUT2D eigenvalue weighted by molar-refractivity contribution is 5.86. The van der Waals surface area contributed by atoms with Crippen molar-refractivity contribution in [3.05, 3.63) is 47.2 Å². The molecule has 0 radical (unpaired) electrons. The quantitative estimate of drug-likeness (QED) is 0.448. The number of rotatable bonds is 7. The van der Waals surface area contributed by atoms with E-state index in [2.05, 4.69) is 62.1 Å². The topological polar surface area (TPSA) is 91.1 Å². The van der Waals surface area contributed by atoms with Gasteiger partial charge in [0, 0.05) is 37.1 Å². The van der Waals surface area contributed by atoms with Crippen molar-refractivity contribution in [3.8, 4) is 0 Å². The van der Waals surface area contributed by atoms with Crippen molar-refractivity contribution in [2.45, 2.75) is 40.2 Å². The molecule has 0 bridgehead atoms. The molecule has 0 atom stereocenters. The van der Waals surface area contributed by atoms with Crippen molar-refractivity contribution in [2.75, 3.05) is 13.1 Å². The first-order chi connectivity index (χ1) is 12.7.